The van der Waals surface area contributed by atoms with Crippen molar-refractivity contribution in [3.05, 3.63) is 29.3 Å². The zero-order chi connectivity index (χ0) is 19.4. The first-order chi connectivity index (χ1) is 12.9. The van der Waals surface area contributed by atoms with Gasteiger partial charge in [-0.25, -0.2) is 8.42 Å². The summed E-state index contributed by atoms with van der Waals surface area (Å²) in [4.78, 5) is 15.5. The van der Waals surface area contributed by atoms with Gasteiger partial charge in [0, 0.05) is 31.2 Å². The minimum Gasteiger partial charge on any atom is -0.336 e. The zero-order valence-electron chi connectivity index (χ0n) is 16.6. The molecular weight excluding hydrogens is 360 g/mol. The molecule has 1 aromatic rings. The van der Waals surface area contributed by atoms with Gasteiger partial charge < -0.3 is 4.90 Å². The van der Waals surface area contributed by atoms with Crippen LogP contribution in [0.4, 0.5) is 0 Å². The van der Waals surface area contributed by atoms with Gasteiger partial charge in [0.05, 0.1) is 4.90 Å². The fourth-order valence-electron chi connectivity index (χ4n) is 4.36. The Morgan fingerprint density at radius 3 is 2.33 bits per heavy atom. The van der Waals surface area contributed by atoms with E-state index in [0.29, 0.717) is 25.2 Å². The highest BCUT2D eigenvalue weighted by molar-refractivity contribution is 7.89. The Morgan fingerprint density at radius 2 is 1.70 bits per heavy atom. The summed E-state index contributed by atoms with van der Waals surface area (Å²) in [5.74, 6) is -0.0300. The Labute approximate surface area is 163 Å². The van der Waals surface area contributed by atoms with E-state index in [9.17, 15) is 13.2 Å². The Morgan fingerprint density at radius 1 is 1.07 bits per heavy atom. The van der Waals surface area contributed by atoms with Crippen LogP contribution in [0.1, 0.15) is 74.2 Å². The Kier molecular flexibility index (Phi) is 6.58. The number of hydrogen-bond acceptors (Lipinski definition) is 3. The molecule has 0 spiro atoms. The van der Waals surface area contributed by atoms with Crippen molar-refractivity contribution in [2.24, 2.45) is 0 Å². The second kappa shape index (κ2) is 8.74. The fraction of sp³-hybridized carbons (Fsp3) is 0.667. The molecule has 0 unspecified atom stereocenters. The predicted octanol–water partition coefficient (Wildman–Crippen LogP) is 3.96. The van der Waals surface area contributed by atoms with Gasteiger partial charge in [-0.15, -0.1) is 0 Å². The maximum absolute atomic E-state index is 13.3. The van der Waals surface area contributed by atoms with Gasteiger partial charge in [0.15, 0.2) is 0 Å². The molecule has 0 radical (unpaired) electrons. The summed E-state index contributed by atoms with van der Waals surface area (Å²) in [5.41, 5.74) is 1.37. The van der Waals surface area contributed by atoms with Crippen LogP contribution in [0.3, 0.4) is 0 Å². The summed E-state index contributed by atoms with van der Waals surface area (Å²) in [5, 5.41) is 0. The smallest absolute Gasteiger partial charge is 0.254 e. The van der Waals surface area contributed by atoms with Crippen molar-refractivity contribution in [2.75, 3.05) is 19.6 Å². The number of carbonyl (C=O) groups excluding carboxylic acids is 1. The number of piperidine rings is 1. The van der Waals surface area contributed by atoms with Crippen LogP contribution >= 0.6 is 0 Å². The molecule has 1 aliphatic carbocycles. The van der Waals surface area contributed by atoms with E-state index in [1.54, 1.807) is 22.5 Å². The van der Waals surface area contributed by atoms with Crippen molar-refractivity contribution in [1.82, 2.24) is 9.21 Å². The quantitative estimate of drug-likeness (QED) is 0.762. The number of rotatable bonds is 5. The number of amides is 1. The number of hydrogen-bond donors (Lipinski definition) is 0. The lowest BCUT2D eigenvalue weighted by atomic mass is 9.93. The second-order valence-corrected chi connectivity index (χ2v) is 9.76. The third-order valence-electron chi connectivity index (χ3n) is 6.01. The average molecular weight is 393 g/mol. The molecule has 0 aromatic heterocycles. The van der Waals surface area contributed by atoms with Crippen LogP contribution in [-0.2, 0) is 10.0 Å². The number of aryl methyl sites for hydroxylation is 1. The van der Waals surface area contributed by atoms with E-state index in [-0.39, 0.29) is 16.8 Å². The van der Waals surface area contributed by atoms with Gasteiger partial charge in [-0.2, -0.15) is 4.31 Å². The highest BCUT2D eigenvalue weighted by atomic mass is 32.2. The largest absolute Gasteiger partial charge is 0.336 e. The highest BCUT2D eigenvalue weighted by Gasteiger charge is 2.29. The van der Waals surface area contributed by atoms with Gasteiger partial charge in [-0.3, -0.25) is 4.79 Å². The van der Waals surface area contributed by atoms with Crippen molar-refractivity contribution in [2.45, 2.75) is 76.2 Å². The lowest BCUT2D eigenvalue weighted by molar-refractivity contribution is 0.0647. The molecule has 0 atom stereocenters. The molecule has 2 fully saturated rings. The van der Waals surface area contributed by atoms with Gasteiger partial charge in [-0.05, 0) is 57.2 Å². The summed E-state index contributed by atoms with van der Waals surface area (Å²) in [7, 11) is -3.53. The van der Waals surface area contributed by atoms with Crippen LogP contribution in [0, 0.1) is 6.92 Å². The normalized spacial score (nSPS) is 19.8. The van der Waals surface area contributed by atoms with E-state index in [4.69, 9.17) is 0 Å². The topological polar surface area (TPSA) is 57.7 Å². The first-order valence-electron chi connectivity index (χ1n) is 10.4. The van der Waals surface area contributed by atoms with Crippen LogP contribution in [0.25, 0.3) is 0 Å². The van der Waals surface area contributed by atoms with Crippen molar-refractivity contribution in [1.29, 1.82) is 0 Å². The molecule has 0 N–H and O–H groups in total. The van der Waals surface area contributed by atoms with Crippen LogP contribution in [0.5, 0.6) is 0 Å². The molecular formula is C21H32N2O3S. The monoisotopic (exact) mass is 392 g/mol. The second-order valence-electron chi connectivity index (χ2n) is 7.82. The average Bonchev–Trinajstić information content (AvgIpc) is 2.70. The summed E-state index contributed by atoms with van der Waals surface area (Å²) in [6.07, 6.45) is 8.55. The van der Waals surface area contributed by atoms with Gasteiger partial charge in [0.2, 0.25) is 10.0 Å². The molecule has 1 saturated carbocycles. The van der Waals surface area contributed by atoms with E-state index in [1.165, 1.54) is 6.42 Å². The number of benzene rings is 1. The summed E-state index contributed by atoms with van der Waals surface area (Å²) >= 11 is 0. The summed E-state index contributed by atoms with van der Waals surface area (Å²) in [6.45, 7) is 5.70. The molecule has 1 aromatic carbocycles. The lowest BCUT2D eigenvalue weighted by Gasteiger charge is -2.34. The maximum Gasteiger partial charge on any atom is 0.254 e. The molecule has 6 heteroatoms. The van der Waals surface area contributed by atoms with E-state index in [0.717, 1.165) is 50.5 Å². The SMILES string of the molecule is CCN(C(=O)c1cc(S(=O)(=O)N2CCCCC2)ccc1C)C1CCCCC1. The zero-order valence-corrected chi connectivity index (χ0v) is 17.4. The Hall–Kier alpha value is -1.40. The molecule has 2 aliphatic rings. The molecule has 5 nitrogen and oxygen atoms in total. The van der Waals surface area contributed by atoms with Crippen LogP contribution in [0.2, 0.25) is 0 Å². The van der Waals surface area contributed by atoms with Crippen molar-refractivity contribution in [3.8, 4) is 0 Å². The van der Waals surface area contributed by atoms with Crippen molar-refractivity contribution in [3.63, 3.8) is 0 Å². The predicted molar refractivity (Wildman–Crippen MR) is 107 cm³/mol. The maximum atomic E-state index is 13.3. The van der Waals surface area contributed by atoms with E-state index in [2.05, 4.69) is 0 Å². The van der Waals surface area contributed by atoms with Gasteiger partial charge >= 0.3 is 0 Å². The molecule has 1 amide bonds. The van der Waals surface area contributed by atoms with Crippen LogP contribution < -0.4 is 0 Å². The van der Waals surface area contributed by atoms with Crippen LogP contribution in [-0.4, -0.2) is 49.2 Å². The van der Waals surface area contributed by atoms with E-state index in [1.807, 2.05) is 18.7 Å². The van der Waals surface area contributed by atoms with E-state index >= 15 is 0 Å². The third-order valence-corrected chi connectivity index (χ3v) is 7.90. The van der Waals surface area contributed by atoms with E-state index < -0.39 is 10.0 Å². The standard InChI is InChI=1S/C21H32N2O3S/c1-3-23(18-10-6-4-7-11-18)21(24)20-16-19(13-12-17(20)2)27(25,26)22-14-8-5-9-15-22/h12-13,16,18H,3-11,14-15H2,1-2H3. The van der Waals surface area contributed by atoms with Crippen LogP contribution in [0.15, 0.2) is 23.1 Å². The molecule has 3 rings (SSSR count). The molecule has 27 heavy (non-hydrogen) atoms. The fourth-order valence-corrected chi connectivity index (χ4v) is 5.91. The minimum absolute atomic E-state index is 0.0300. The van der Waals surface area contributed by atoms with Gasteiger partial charge in [0.25, 0.3) is 5.91 Å². The number of nitrogens with zero attached hydrogens (tertiary/aromatic N) is 2. The molecule has 1 aliphatic heterocycles. The van der Waals surface area contributed by atoms with Gasteiger partial charge in [-0.1, -0.05) is 31.7 Å². The Bertz CT molecular complexity index is 764. The Balaban J connectivity index is 1.89. The summed E-state index contributed by atoms with van der Waals surface area (Å²) < 4.78 is 27.6. The first kappa shape index (κ1) is 20.3. The summed E-state index contributed by atoms with van der Waals surface area (Å²) in [6, 6.07) is 5.30. The minimum atomic E-state index is -3.53. The molecule has 150 valence electrons. The molecule has 1 heterocycles. The highest BCUT2D eigenvalue weighted by Crippen LogP contribution is 2.27. The van der Waals surface area contributed by atoms with Crippen molar-refractivity contribution < 1.29 is 13.2 Å². The first-order valence-corrected chi connectivity index (χ1v) is 11.8. The third kappa shape index (κ3) is 4.37. The lowest BCUT2D eigenvalue weighted by Crippen LogP contribution is -2.41. The molecule has 0 bridgehead atoms. The number of carbonyl (C=O) groups is 1. The van der Waals surface area contributed by atoms with Gasteiger partial charge in [0.1, 0.15) is 0 Å². The van der Waals surface area contributed by atoms with Crippen molar-refractivity contribution >= 4 is 15.9 Å². The number of sulfonamides is 1. The molecule has 1 saturated heterocycles.